The molecule has 0 saturated carbocycles. The van der Waals surface area contributed by atoms with Crippen molar-refractivity contribution in [2.75, 3.05) is 5.73 Å². The highest BCUT2D eigenvalue weighted by Crippen LogP contribution is 2.27. The molecule has 2 aromatic carbocycles. The number of nitrogens with two attached hydrogens (primary N) is 1. The van der Waals surface area contributed by atoms with E-state index in [-0.39, 0.29) is 17.1 Å². The number of rotatable bonds is 4. The second-order valence-corrected chi connectivity index (χ2v) is 6.46. The van der Waals surface area contributed by atoms with Crippen LogP contribution in [0.3, 0.4) is 0 Å². The maximum Gasteiger partial charge on any atom is 0.145 e. The number of hydrogen-bond donors (Lipinski definition) is 1. The highest BCUT2D eigenvalue weighted by Gasteiger charge is 2.19. The van der Waals surface area contributed by atoms with Crippen LogP contribution in [0.4, 0.5) is 5.82 Å². The summed E-state index contributed by atoms with van der Waals surface area (Å²) in [6, 6.07) is 21.5. The van der Waals surface area contributed by atoms with E-state index in [0.29, 0.717) is 11.5 Å². The zero-order valence-electron chi connectivity index (χ0n) is 15.2. The van der Waals surface area contributed by atoms with E-state index in [9.17, 15) is 10.5 Å². The lowest BCUT2D eigenvalue weighted by Gasteiger charge is -2.05. The number of nitriles is 2. The Morgan fingerprint density at radius 1 is 1.07 bits per heavy atom. The Morgan fingerprint density at radius 2 is 1.74 bits per heavy atom. The predicted octanol–water partition coefficient (Wildman–Crippen LogP) is 4.51. The lowest BCUT2D eigenvalue weighted by molar-refractivity contribution is 0.866. The third kappa shape index (κ3) is 3.58. The first kappa shape index (κ1) is 18.0. The van der Waals surface area contributed by atoms with E-state index in [1.165, 1.54) is 10.2 Å². The Bertz CT molecular complexity index is 1060. The van der Waals surface area contributed by atoms with Crippen molar-refractivity contribution in [1.82, 2.24) is 9.78 Å². The molecule has 1 aromatic heterocycles. The van der Waals surface area contributed by atoms with Gasteiger partial charge in [0, 0.05) is 0 Å². The van der Waals surface area contributed by atoms with Crippen molar-refractivity contribution in [3.05, 3.63) is 77.0 Å². The number of aromatic nitrogens is 2. The Morgan fingerprint density at radius 3 is 2.30 bits per heavy atom. The second kappa shape index (κ2) is 7.59. The van der Waals surface area contributed by atoms with E-state index < -0.39 is 0 Å². The fourth-order valence-corrected chi connectivity index (χ4v) is 2.79. The topological polar surface area (TPSA) is 91.4 Å². The summed E-state index contributed by atoms with van der Waals surface area (Å²) in [6.07, 6.45) is 1.72. The molecule has 3 rings (SSSR count). The van der Waals surface area contributed by atoms with Gasteiger partial charge in [0.15, 0.2) is 0 Å². The highest BCUT2D eigenvalue weighted by molar-refractivity contribution is 5.91. The number of hydrogen-bond acceptors (Lipinski definition) is 4. The number of para-hydroxylation sites is 1. The molecule has 0 aliphatic heterocycles. The van der Waals surface area contributed by atoms with Crippen molar-refractivity contribution >= 4 is 17.5 Å². The third-order valence-electron chi connectivity index (χ3n) is 4.32. The number of allylic oxidation sites excluding steroid dienone is 1. The zero-order valence-corrected chi connectivity index (χ0v) is 15.2. The Kier molecular flexibility index (Phi) is 5.06. The molecule has 5 nitrogen and oxygen atoms in total. The summed E-state index contributed by atoms with van der Waals surface area (Å²) in [5, 5.41) is 23.6. The summed E-state index contributed by atoms with van der Waals surface area (Å²) >= 11 is 0. The SMILES string of the molecule is CC(C)c1ccc(/C=C(\C#N)c2nn(-c3ccccc3)c(N)c2C#N)cc1. The van der Waals surface area contributed by atoms with Crippen molar-refractivity contribution in [1.29, 1.82) is 10.5 Å². The molecule has 0 amide bonds. The van der Waals surface area contributed by atoms with E-state index in [0.717, 1.165) is 11.3 Å². The van der Waals surface area contributed by atoms with Gasteiger partial charge in [-0.3, -0.25) is 0 Å². The van der Waals surface area contributed by atoms with Crippen LogP contribution in [0.5, 0.6) is 0 Å². The molecule has 5 heteroatoms. The Hall–Kier alpha value is -3.83. The molecule has 0 saturated heterocycles. The zero-order chi connectivity index (χ0) is 19.4. The van der Waals surface area contributed by atoms with Crippen LogP contribution in [0.15, 0.2) is 54.6 Å². The van der Waals surface area contributed by atoms with Gasteiger partial charge in [0.25, 0.3) is 0 Å². The van der Waals surface area contributed by atoms with Crippen LogP contribution in [-0.2, 0) is 0 Å². The lowest BCUT2D eigenvalue weighted by atomic mass is 10.0. The van der Waals surface area contributed by atoms with Gasteiger partial charge >= 0.3 is 0 Å². The van der Waals surface area contributed by atoms with Gasteiger partial charge < -0.3 is 5.73 Å². The maximum absolute atomic E-state index is 9.66. The molecule has 27 heavy (non-hydrogen) atoms. The molecule has 2 N–H and O–H groups in total. The minimum absolute atomic E-state index is 0.199. The average Bonchev–Trinajstić information content (AvgIpc) is 3.03. The van der Waals surface area contributed by atoms with Crippen molar-refractivity contribution < 1.29 is 0 Å². The van der Waals surface area contributed by atoms with Crippen molar-refractivity contribution in [2.24, 2.45) is 0 Å². The van der Waals surface area contributed by atoms with Gasteiger partial charge in [-0.05, 0) is 35.3 Å². The molecule has 0 fully saturated rings. The molecule has 0 bridgehead atoms. The monoisotopic (exact) mass is 353 g/mol. The second-order valence-electron chi connectivity index (χ2n) is 6.46. The van der Waals surface area contributed by atoms with E-state index in [4.69, 9.17) is 5.73 Å². The van der Waals surface area contributed by atoms with Crippen molar-refractivity contribution in [2.45, 2.75) is 19.8 Å². The van der Waals surface area contributed by atoms with Gasteiger partial charge in [0.05, 0.1) is 11.3 Å². The fourth-order valence-electron chi connectivity index (χ4n) is 2.79. The number of nitrogen functional groups attached to an aromatic ring is 1. The van der Waals surface area contributed by atoms with Crippen LogP contribution in [0, 0.1) is 22.7 Å². The lowest BCUT2D eigenvalue weighted by Crippen LogP contribution is -2.02. The van der Waals surface area contributed by atoms with Gasteiger partial charge in [0.1, 0.15) is 29.2 Å². The molecule has 3 aromatic rings. The summed E-state index contributed by atoms with van der Waals surface area (Å²) in [4.78, 5) is 0. The fraction of sp³-hybridized carbons (Fsp3) is 0.136. The minimum atomic E-state index is 0.199. The number of nitrogens with zero attached hydrogens (tertiary/aromatic N) is 4. The van der Waals surface area contributed by atoms with Gasteiger partial charge in [-0.25, -0.2) is 4.68 Å². The molecule has 1 heterocycles. The van der Waals surface area contributed by atoms with Crippen molar-refractivity contribution in [3.63, 3.8) is 0 Å². The summed E-state index contributed by atoms with van der Waals surface area (Å²) in [5.74, 6) is 0.653. The van der Waals surface area contributed by atoms with Crippen LogP contribution in [0.25, 0.3) is 17.3 Å². The van der Waals surface area contributed by atoms with E-state index in [2.05, 4.69) is 31.1 Å². The van der Waals surface area contributed by atoms with Crippen LogP contribution in [0.2, 0.25) is 0 Å². The van der Waals surface area contributed by atoms with Crippen LogP contribution in [-0.4, -0.2) is 9.78 Å². The summed E-state index contributed by atoms with van der Waals surface area (Å²) in [7, 11) is 0. The molecular formula is C22H19N5. The predicted molar refractivity (Wildman–Crippen MR) is 107 cm³/mol. The highest BCUT2D eigenvalue weighted by atomic mass is 15.3. The van der Waals surface area contributed by atoms with E-state index in [1.807, 2.05) is 54.6 Å². The first-order valence-electron chi connectivity index (χ1n) is 8.61. The molecule has 0 unspecified atom stereocenters. The molecule has 0 spiro atoms. The van der Waals surface area contributed by atoms with Gasteiger partial charge in [-0.2, -0.15) is 15.6 Å². The van der Waals surface area contributed by atoms with Gasteiger partial charge in [-0.1, -0.05) is 56.3 Å². The normalized spacial score (nSPS) is 11.2. The molecular weight excluding hydrogens is 334 g/mol. The number of anilines is 1. The number of benzene rings is 2. The smallest absolute Gasteiger partial charge is 0.145 e. The average molecular weight is 353 g/mol. The van der Waals surface area contributed by atoms with E-state index >= 15 is 0 Å². The molecule has 0 aliphatic carbocycles. The quantitative estimate of drug-likeness (QED) is 0.698. The van der Waals surface area contributed by atoms with Crippen LogP contribution < -0.4 is 5.73 Å². The summed E-state index contributed by atoms with van der Waals surface area (Å²) in [5.41, 5.74) is 9.73. The van der Waals surface area contributed by atoms with E-state index in [1.54, 1.807) is 6.08 Å². The maximum atomic E-state index is 9.66. The first-order valence-corrected chi connectivity index (χ1v) is 8.61. The molecule has 132 valence electrons. The summed E-state index contributed by atoms with van der Waals surface area (Å²) < 4.78 is 1.49. The standard InChI is InChI=1S/C22H19N5/c1-15(2)17-10-8-16(9-11-17)12-18(13-23)21-20(14-24)22(25)27(26-21)19-6-4-3-5-7-19/h3-12,15H,25H2,1-2H3/b18-12+. The van der Waals surface area contributed by atoms with Gasteiger partial charge in [0.2, 0.25) is 0 Å². The van der Waals surface area contributed by atoms with Crippen molar-refractivity contribution in [3.8, 4) is 17.8 Å². The summed E-state index contributed by atoms with van der Waals surface area (Å²) in [6.45, 7) is 4.26. The molecule has 0 radical (unpaired) electrons. The first-order chi connectivity index (χ1) is 13.0. The molecule has 0 aliphatic rings. The minimum Gasteiger partial charge on any atom is -0.382 e. The van der Waals surface area contributed by atoms with Gasteiger partial charge in [-0.15, -0.1) is 0 Å². The largest absolute Gasteiger partial charge is 0.382 e. The van der Waals surface area contributed by atoms with Crippen LogP contribution in [0.1, 0.15) is 42.1 Å². The third-order valence-corrected chi connectivity index (χ3v) is 4.32. The van der Waals surface area contributed by atoms with Crippen LogP contribution >= 0.6 is 0 Å². The Balaban J connectivity index is 2.08. The molecule has 0 atom stereocenters. The Labute approximate surface area is 158 Å².